The minimum atomic E-state index is -3.64. The van der Waals surface area contributed by atoms with Crippen molar-refractivity contribution in [1.29, 1.82) is 0 Å². The second-order valence-electron chi connectivity index (χ2n) is 8.02. The van der Waals surface area contributed by atoms with Crippen LogP contribution in [0.3, 0.4) is 0 Å². The van der Waals surface area contributed by atoms with Gasteiger partial charge in [-0.1, -0.05) is 24.3 Å². The topological polar surface area (TPSA) is 88.6 Å². The molecule has 1 amide bonds. The summed E-state index contributed by atoms with van der Waals surface area (Å²) in [5.41, 5.74) is 3.79. The zero-order valence-electron chi connectivity index (χ0n) is 19.4. The van der Waals surface area contributed by atoms with Crippen LogP contribution in [0.4, 0.5) is 5.69 Å². The number of aromatic nitrogens is 1. The molecule has 3 aromatic carbocycles. The zero-order valence-corrected chi connectivity index (χ0v) is 20.2. The van der Waals surface area contributed by atoms with Crippen LogP contribution in [-0.4, -0.2) is 44.8 Å². The molecule has 0 saturated heterocycles. The highest BCUT2D eigenvalue weighted by Crippen LogP contribution is 2.28. The second kappa shape index (κ2) is 9.24. The summed E-state index contributed by atoms with van der Waals surface area (Å²) in [6, 6.07) is 21.3. The van der Waals surface area contributed by atoms with Crippen LogP contribution in [0, 0.1) is 6.92 Å². The van der Waals surface area contributed by atoms with Crippen LogP contribution >= 0.6 is 0 Å². The number of para-hydroxylation sites is 1. The summed E-state index contributed by atoms with van der Waals surface area (Å²) in [4.78, 5) is 18.3. The summed E-state index contributed by atoms with van der Waals surface area (Å²) >= 11 is 0. The number of methoxy groups -OCH3 is 1. The summed E-state index contributed by atoms with van der Waals surface area (Å²) in [6.45, 7) is 1.81. The molecule has 34 heavy (non-hydrogen) atoms. The third kappa shape index (κ3) is 4.50. The van der Waals surface area contributed by atoms with Crippen LogP contribution in [0.2, 0.25) is 0 Å². The number of hydrogen-bond acceptors (Lipinski definition) is 5. The number of benzene rings is 3. The van der Waals surface area contributed by atoms with Crippen molar-refractivity contribution in [3.8, 4) is 17.0 Å². The van der Waals surface area contributed by atoms with E-state index in [1.807, 2.05) is 55.5 Å². The Hall–Kier alpha value is -3.75. The van der Waals surface area contributed by atoms with Crippen molar-refractivity contribution in [3.05, 3.63) is 83.9 Å². The molecular weight excluding hydrogens is 450 g/mol. The molecule has 0 aliphatic carbocycles. The number of sulfonamides is 1. The Bertz CT molecular complexity index is 1480. The number of carbonyl (C=O) groups is 1. The lowest BCUT2D eigenvalue weighted by molar-refractivity contribution is 0.102. The molecule has 0 bridgehead atoms. The molecule has 0 unspecified atom stereocenters. The molecule has 0 fully saturated rings. The summed E-state index contributed by atoms with van der Waals surface area (Å²) in [6.07, 6.45) is 0. The molecule has 4 aromatic rings. The molecule has 0 radical (unpaired) electrons. The van der Waals surface area contributed by atoms with Gasteiger partial charge >= 0.3 is 0 Å². The Balaban J connectivity index is 1.77. The average Bonchev–Trinajstić information content (AvgIpc) is 2.84. The maximum Gasteiger partial charge on any atom is 0.256 e. The molecule has 1 aromatic heterocycles. The number of nitrogens with zero attached hydrogens (tertiary/aromatic N) is 2. The predicted octanol–water partition coefficient (Wildman–Crippen LogP) is 4.72. The van der Waals surface area contributed by atoms with Gasteiger partial charge in [0.25, 0.3) is 5.91 Å². The smallest absolute Gasteiger partial charge is 0.256 e. The van der Waals surface area contributed by atoms with E-state index in [2.05, 4.69) is 5.32 Å². The first-order valence-corrected chi connectivity index (χ1v) is 12.0. The van der Waals surface area contributed by atoms with Crippen molar-refractivity contribution >= 4 is 32.5 Å². The summed E-state index contributed by atoms with van der Waals surface area (Å²) < 4.78 is 31.5. The third-order valence-corrected chi connectivity index (χ3v) is 7.39. The molecule has 0 atom stereocenters. The van der Waals surface area contributed by atoms with E-state index in [1.165, 1.54) is 26.2 Å². The maximum absolute atomic E-state index is 13.4. The minimum absolute atomic E-state index is 0.108. The van der Waals surface area contributed by atoms with Gasteiger partial charge < -0.3 is 10.1 Å². The van der Waals surface area contributed by atoms with Gasteiger partial charge in [-0.3, -0.25) is 4.79 Å². The first-order chi connectivity index (χ1) is 16.2. The Morgan fingerprint density at radius 2 is 1.68 bits per heavy atom. The van der Waals surface area contributed by atoms with Gasteiger partial charge in [0.15, 0.2) is 0 Å². The van der Waals surface area contributed by atoms with E-state index < -0.39 is 10.0 Å². The number of amides is 1. The summed E-state index contributed by atoms with van der Waals surface area (Å²) in [5.74, 6) is 0.376. The van der Waals surface area contributed by atoms with Crippen molar-refractivity contribution in [3.63, 3.8) is 0 Å². The van der Waals surface area contributed by atoms with Crippen LogP contribution in [0.5, 0.6) is 5.75 Å². The van der Waals surface area contributed by atoms with E-state index in [1.54, 1.807) is 19.2 Å². The Morgan fingerprint density at radius 3 is 2.35 bits per heavy atom. The molecule has 1 heterocycles. The molecule has 0 aliphatic heterocycles. The molecule has 1 N–H and O–H groups in total. The normalized spacial score (nSPS) is 11.6. The van der Waals surface area contributed by atoms with E-state index in [4.69, 9.17) is 9.72 Å². The number of fused-ring (bicyclic) bond motifs is 1. The molecule has 174 valence electrons. The van der Waals surface area contributed by atoms with E-state index in [9.17, 15) is 13.2 Å². The van der Waals surface area contributed by atoms with Crippen LogP contribution in [0.1, 0.15) is 15.9 Å². The minimum Gasteiger partial charge on any atom is -0.497 e. The van der Waals surface area contributed by atoms with E-state index in [0.29, 0.717) is 27.8 Å². The standard InChI is InChI=1S/C26H25N3O4S/c1-17-9-14-20(34(31,32)29(2)3)15-24(17)28-26(30)22-16-25(18-10-12-19(33-4)13-11-18)27-23-8-6-5-7-21(22)23/h5-16H,1-4H3,(H,28,30). The van der Waals surface area contributed by atoms with Gasteiger partial charge in [-0.15, -0.1) is 0 Å². The van der Waals surface area contributed by atoms with Crippen LogP contribution < -0.4 is 10.1 Å². The van der Waals surface area contributed by atoms with Gasteiger partial charge in [0.1, 0.15) is 5.75 Å². The summed E-state index contributed by atoms with van der Waals surface area (Å²) in [5, 5.41) is 3.60. The Morgan fingerprint density at radius 1 is 0.971 bits per heavy atom. The van der Waals surface area contributed by atoms with Gasteiger partial charge in [0.2, 0.25) is 10.0 Å². The van der Waals surface area contributed by atoms with E-state index in [-0.39, 0.29) is 10.8 Å². The zero-order chi connectivity index (χ0) is 24.5. The molecule has 4 rings (SSSR count). The van der Waals surface area contributed by atoms with Gasteiger partial charge in [-0.25, -0.2) is 17.7 Å². The highest BCUT2D eigenvalue weighted by atomic mass is 32.2. The van der Waals surface area contributed by atoms with Crippen LogP contribution in [0.15, 0.2) is 77.7 Å². The number of aryl methyl sites for hydroxylation is 1. The van der Waals surface area contributed by atoms with Crippen molar-refractivity contribution in [2.24, 2.45) is 0 Å². The number of hydrogen-bond donors (Lipinski definition) is 1. The lowest BCUT2D eigenvalue weighted by Gasteiger charge is -2.15. The molecule has 0 saturated carbocycles. The Kier molecular flexibility index (Phi) is 6.37. The number of pyridine rings is 1. The first-order valence-electron chi connectivity index (χ1n) is 10.6. The van der Waals surface area contributed by atoms with Gasteiger partial charge in [-0.05, 0) is 61.0 Å². The fourth-order valence-electron chi connectivity index (χ4n) is 3.57. The highest BCUT2D eigenvalue weighted by molar-refractivity contribution is 7.89. The Labute approximate surface area is 199 Å². The monoisotopic (exact) mass is 475 g/mol. The number of rotatable bonds is 6. The van der Waals surface area contributed by atoms with Crippen LogP contribution in [0.25, 0.3) is 22.2 Å². The van der Waals surface area contributed by atoms with Gasteiger partial charge in [-0.2, -0.15) is 0 Å². The fraction of sp³-hybridized carbons (Fsp3) is 0.154. The predicted molar refractivity (Wildman–Crippen MR) is 134 cm³/mol. The average molecular weight is 476 g/mol. The second-order valence-corrected chi connectivity index (χ2v) is 10.2. The molecule has 8 heteroatoms. The number of carbonyl (C=O) groups excluding carboxylic acids is 1. The van der Waals surface area contributed by atoms with Crippen LogP contribution in [-0.2, 0) is 10.0 Å². The summed E-state index contributed by atoms with van der Waals surface area (Å²) in [7, 11) is 0.905. The highest BCUT2D eigenvalue weighted by Gasteiger charge is 2.20. The van der Waals surface area contributed by atoms with Crippen molar-refractivity contribution in [2.45, 2.75) is 11.8 Å². The lowest BCUT2D eigenvalue weighted by atomic mass is 10.0. The fourth-order valence-corrected chi connectivity index (χ4v) is 4.50. The van der Waals surface area contributed by atoms with Crippen molar-refractivity contribution < 1.29 is 17.9 Å². The molecule has 7 nitrogen and oxygen atoms in total. The van der Waals surface area contributed by atoms with Gasteiger partial charge in [0, 0.05) is 30.7 Å². The van der Waals surface area contributed by atoms with E-state index in [0.717, 1.165) is 21.2 Å². The third-order valence-electron chi connectivity index (χ3n) is 5.58. The van der Waals surface area contributed by atoms with Gasteiger partial charge in [0.05, 0.1) is 28.8 Å². The largest absolute Gasteiger partial charge is 0.497 e. The van der Waals surface area contributed by atoms with Crippen molar-refractivity contribution in [2.75, 3.05) is 26.5 Å². The van der Waals surface area contributed by atoms with E-state index >= 15 is 0 Å². The maximum atomic E-state index is 13.4. The first kappa shape index (κ1) is 23.4. The molecule has 0 spiro atoms. The van der Waals surface area contributed by atoms with Crippen molar-refractivity contribution in [1.82, 2.24) is 9.29 Å². The number of nitrogens with one attached hydrogen (secondary N) is 1. The molecular formula is C26H25N3O4S. The number of ether oxygens (including phenoxy) is 1. The number of anilines is 1. The molecule has 0 aliphatic rings. The quantitative estimate of drug-likeness (QED) is 0.436. The lowest BCUT2D eigenvalue weighted by Crippen LogP contribution is -2.22. The SMILES string of the molecule is COc1ccc(-c2cc(C(=O)Nc3cc(S(=O)(=O)N(C)C)ccc3C)c3ccccc3n2)cc1.